The molecule has 0 aliphatic rings. The van der Waals surface area contributed by atoms with Crippen LogP contribution in [0.15, 0.2) is 29.2 Å². The summed E-state index contributed by atoms with van der Waals surface area (Å²) in [7, 11) is -3.21. The van der Waals surface area contributed by atoms with Gasteiger partial charge in [-0.25, -0.2) is 8.42 Å². The lowest BCUT2D eigenvalue weighted by Crippen LogP contribution is -2.32. The summed E-state index contributed by atoms with van der Waals surface area (Å²) in [6, 6.07) is 5.70. The summed E-state index contributed by atoms with van der Waals surface area (Å²) >= 11 is 0. The normalized spacial score (nSPS) is 12.3. The molecule has 0 saturated heterocycles. The van der Waals surface area contributed by atoms with Crippen molar-refractivity contribution < 1.29 is 18.0 Å². The molecule has 1 rings (SSSR count). The summed E-state index contributed by atoms with van der Waals surface area (Å²) in [5.41, 5.74) is 11.5. The Morgan fingerprint density at radius 2 is 1.68 bits per heavy atom. The Balaban J connectivity index is 0.00000441. The second kappa shape index (κ2) is 8.87. The number of hydrogen-bond donors (Lipinski definition) is 2. The maximum absolute atomic E-state index is 11.8. The van der Waals surface area contributed by atoms with Crippen LogP contribution in [0.2, 0.25) is 0 Å². The Hall–Kier alpha value is -1.44. The Morgan fingerprint density at radius 3 is 2.14 bits per heavy atom. The molecule has 0 aromatic heterocycles. The second-order valence-electron chi connectivity index (χ2n) is 4.99. The summed E-state index contributed by atoms with van der Waals surface area (Å²) in [4.78, 5) is 22.7. The predicted molar refractivity (Wildman–Crippen MR) is 86.5 cm³/mol. The molecule has 0 saturated carbocycles. The highest BCUT2D eigenvalue weighted by Gasteiger charge is 2.14. The molecule has 0 heterocycles. The fraction of sp³-hybridized carbons (Fsp3) is 0.429. The van der Waals surface area contributed by atoms with Gasteiger partial charge in [0.15, 0.2) is 9.84 Å². The van der Waals surface area contributed by atoms with Gasteiger partial charge in [-0.3, -0.25) is 9.59 Å². The topological polar surface area (TPSA) is 120 Å². The van der Waals surface area contributed by atoms with Gasteiger partial charge in [0.05, 0.1) is 10.9 Å². The van der Waals surface area contributed by atoms with Crippen molar-refractivity contribution in [3.63, 3.8) is 0 Å². The molecule has 8 heteroatoms. The molecule has 0 spiro atoms. The third kappa shape index (κ3) is 7.02. The summed E-state index contributed by atoms with van der Waals surface area (Å²) in [5.74, 6) is -0.613. The molecule has 1 aromatic rings. The lowest BCUT2D eigenvalue weighted by molar-refractivity contribution is -0.121. The van der Waals surface area contributed by atoms with Crippen molar-refractivity contribution in [3.05, 3.63) is 29.8 Å². The number of carbonyl (C=O) groups excluding carboxylic acids is 2. The maximum Gasteiger partial charge on any atom is 0.217 e. The van der Waals surface area contributed by atoms with Gasteiger partial charge >= 0.3 is 0 Å². The fourth-order valence-corrected chi connectivity index (χ4v) is 2.45. The minimum atomic E-state index is -3.21. The molecule has 0 aliphatic carbocycles. The van der Waals surface area contributed by atoms with Gasteiger partial charge in [0.1, 0.15) is 5.78 Å². The highest BCUT2D eigenvalue weighted by atomic mass is 35.5. The molecule has 22 heavy (non-hydrogen) atoms. The molecule has 0 radical (unpaired) electrons. The first kappa shape index (κ1) is 20.6. The van der Waals surface area contributed by atoms with Crippen LogP contribution in [0.4, 0.5) is 0 Å². The van der Waals surface area contributed by atoms with Gasteiger partial charge in [-0.2, -0.15) is 0 Å². The molecule has 4 N–H and O–H groups in total. The SMILES string of the molecule is CS(=O)(=O)c1ccc(CCC(=O)[C@@H](N)CCC(N)=O)cc1.Cl. The number of carbonyl (C=O) groups is 2. The van der Waals surface area contributed by atoms with Crippen LogP contribution in [0.1, 0.15) is 24.8 Å². The van der Waals surface area contributed by atoms with E-state index in [2.05, 4.69) is 0 Å². The van der Waals surface area contributed by atoms with Crippen LogP contribution >= 0.6 is 12.4 Å². The Bertz CT molecular complexity index is 614. The standard InChI is InChI=1S/C14H20N2O4S.ClH/c1-21(19,20)11-5-2-10(3-6-11)4-8-13(17)12(15)7-9-14(16)18;/h2-3,5-6,12H,4,7-9,15H2,1H3,(H2,16,18);1H/t12-;/m0./s1. The van der Waals surface area contributed by atoms with Gasteiger partial charge in [0, 0.05) is 19.1 Å². The molecule has 6 nitrogen and oxygen atoms in total. The summed E-state index contributed by atoms with van der Waals surface area (Å²) in [5, 5.41) is 0. The van der Waals surface area contributed by atoms with Crippen LogP contribution in [0.3, 0.4) is 0 Å². The number of aryl methyl sites for hydroxylation is 1. The van der Waals surface area contributed by atoms with Crippen LogP contribution < -0.4 is 11.5 Å². The van der Waals surface area contributed by atoms with E-state index >= 15 is 0 Å². The van der Waals surface area contributed by atoms with E-state index in [0.29, 0.717) is 6.42 Å². The molecule has 1 atom stereocenters. The van der Waals surface area contributed by atoms with E-state index in [9.17, 15) is 18.0 Å². The predicted octanol–water partition coefficient (Wildman–Crippen LogP) is 0.606. The number of rotatable bonds is 8. The van der Waals surface area contributed by atoms with E-state index in [0.717, 1.165) is 11.8 Å². The van der Waals surface area contributed by atoms with Crippen molar-refractivity contribution in [2.45, 2.75) is 36.6 Å². The first-order valence-electron chi connectivity index (χ1n) is 6.55. The van der Waals surface area contributed by atoms with Crippen molar-refractivity contribution in [1.29, 1.82) is 0 Å². The van der Waals surface area contributed by atoms with Crippen LogP contribution in [-0.2, 0) is 25.8 Å². The molecular formula is C14H21ClN2O4S. The quantitative estimate of drug-likeness (QED) is 0.712. The summed E-state index contributed by atoms with van der Waals surface area (Å²) in [6.45, 7) is 0. The van der Waals surface area contributed by atoms with Gasteiger partial charge in [0.2, 0.25) is 5.91 Å². The number of halogens is 1. The van der Waals surface area contributed by atoms with E-state index in [1.165, 1.54) is 12.1 Å². The minimum Gasteiger partial charge on any atom is -0.370 e. The third-order valence-electron chi connectivity index (χ3n) is 3.13. The van der Waals surface area contributed by atoms with Gasteiger partial charge in [-0.15, -0.1) is 12.4 Å². The molecule has 0 aliphatic heterocycles. The molecular weight excluding hydrogens is 328 g/mol. The first-order valence-corrected chi connectivity index (χ1v) is 8.45. The van der Waals surface area contributed by atoms with E-state index in [1.54, 1.807) is 12.1 Å². The average Bonchev–Trinajstić information content (AvgIpc) is 2.41. The summed E-state index contributed by atoms with van der Waals surface area (Å²) < 4.78 is 22.6. The molecule has 1 aromatic carbocycles. The highest BCUT2D eigenvalue weighted by molar-refractivity contribution is 7.90. The Morgan fingerprint density at radius 1 is 1.14 bits per heavy atom. The fourth-order valence-electron chi connectivity index (χ4n) is 1.81. The van der Waals surface area contributed by atoms with Crippen LogP contribution in [0, 0.1) is 0 Å². The molecule has 124 valence electrons. The van der Waals surface area contributed by atoms with Crippen LogP contribution in [0.25, 0.3) is 0 Å². The number of Topliss-reactive ketones (excluding diaryl/α,β-unsaturated/α-hetero) is 1. The Labute approximate surface area is 136 Å². The number of ketones is 1. The molecule has 0 fully saturated rings. The molecule has 0 unspecified atom stereocenters. The minimum absolute atomic E-state index is 0. The largest absolute Gasteiger partial charge is 0.370 e. The molecule has 0 bridgehead atoms. The lowest BCUT2D eigenvalue weighted by atomic mass is 10.0. The number of hydrogen-bond acceptors (Lipinski definition) is 5. The van der Waals surface area contributed by atoms with Crippen molar-refractivity contribution in [2.75, 3.05) is 6.26 Å². The number of nitrogens with two attached hydrogens (primary N) is 2. The zero-order chi connectivity index (χ0) is 16.0. The Kier molecular flexibility index (Phi) is 8.29. The number of primary amides is 1. The number of benzene rings is 1. The first-order chi connectivity index (χ1) is 9.70. The zero-order valence-electron chi connectivity index (χ0n) is 12.3. The third-order valence-corrected chi connectivity index (χ3v) is 4.26. The van der Waals surface area contributed by atoms with Gasteiger partial charge < -0.3 is 11.5 Å². The molecule has 1 amide bonds. The van der Waals surface area contributed by atoms with Gasteiger partial charge in [-0.1, -0.05) is 12.1 Å². The monoisotopic (exact) mass is 348 g/mol. The number of sulfone groups is 1. The van der Waals surface area contributed by atoms with Crippen LogP contribution in [-0.4, -0.2) is 32.4 Å². The zero-order valence-corrected chi connectivity index (χ0v) is 14.0. The smallest absolute Gasteiger partial charge is 0.217 e. The van der Waals surface area contributed by atoms with Gasteiger partial charge in [0.25, 0.3) is 0 Å². The van der Waals surface area contributed by atoms with E-state index in [-0.39, 0.29) is 42.3 Å². The van der Waals surface area contributed by atoms with Crippen molar-refractivity contribution >= 4 is 33.9 Å². The van der Waals surface area contributed by atoms with E-state index in [1.807, 2.05) is 0 Å². The number of amides is 1. The van der Waals surface area contributed by atoms with Crippen molar-refractivity contribution in [1.82, 2.24) is 0 Å². The van der Waals surface area contributed by atoms with Crippen molar-refractivity contribution in [2.24, 2.45) is 11.5 Å². The van der Waals surface area contributed by atoms with Crippen LogP contribution in [0.5, 0.6) is 0 Å². The van der Waals surface area contributed by atoms with Gasteiger partial charge in [-0.05, 0) is 30.5 Å². The van der Waals surface area contributed by atoms with Crippen molar-refractivity contribution in [3.8, 4) is 0 Å². The summed E-state index contributed by atoms with van der Waals surface area (Å²) in [6.07, 6.45) is 2.21. The highest BCUT2D eigenvalue weighted by Crippen LogP contribution is 2.12. The lowest BCUT2D eigenvalue weighted by Gasteiger charge is -2.09. The van der Waals surface area contributed by atoms with E-state index in [4.69, 9.17) is 11.5 Å². The second-order valence-corrected chi connectivity index (χ2v) is 7.01. The van der Waals surface area contributed by atoms with E-state index < -0.39 is 21.8 Å². The average molecular weight is 349 g/mol. The maximum atomic E-state index is 11.8.